The van der Waals surface area contributed by atoms with E-state index < -0.39 is 22.3 Å². The van der Waals surface area contributed by atoms with E-state index in [1.165, 1.54) is 18.2 Å². The lowest BCUT2D eigenvalue weighted by Gasteiger charge is -2.32. The number of anilines is 2. The van der Waals surface area contributed by atoms with E-state index in [9.17, 15) is 19.3 Å². The first kappa shape index (κ1) is 19.4. The number of rotatable bonds is 6. The van der Waals surface area contributed by atoms with Crippen LogP contribution in [0.15, 0.2) is 30.6 Å². The van der Waals surface area contributed by atoms with Crippen LogP contribution >= 0.6 is 0 Å². The van der Waals surface area contributed by atoms with Crippen LogP contribution in [-0.2, 0) is 0 Å². The number of aromatic nitrogens is 2. The van der Waals surface area contributed by atoms with Crippen LogP contribution in [0.4, 0.5) is 21.7 Å². The van der Waals surface area contributed by atoms with Gasteiger partial charge in [-0.25, -0.2) is 19.4 Å². The Balaban J connectivity index is 1.75. The van der Waals surface area contributed by atoms with Crippen LogP contribution < -0.4 is 16.3 Å². The van der Waals surface area contributed by atoms with E-state index in [2.05, 4.69) is 31.1 Å². The van der Waals surface area contributed by atoms with Gasteiger partial charge in [0.2, 0.25) is 11.6 Å². The van der Waals surface area contributed by atoms with Crippen LogP contribution in [-0.4, -0.2) is 63.9 Å². The van der Waals surface area contributed by atoms with Crippen LogP contribution in [0.25, 0.3) is 0 Å². The number of benzene rings is 1. The van der Waals surface area contributed by atoms with Crippen molar-refractivity contribution in [3.8, 4) is 0 Å². The zero-order valence-corrected chi connectivity index (χ0v) is 15.1. The molecule has 3 N–H and O–H groups in total. The zero-order chi connectivity index (χ0) is 20.1. The van der Waals surface area contributed by atoms with Crippen molar-refractivity contribution < 1.29 is 14.1 Å². The predicted octanol–water partition coefficient (Wildman–Crippen LogP) is 0.855. The van der Waals surface area contributed by atoms with Crippen LogP contribution in [0.2, 0.25) is 0 Å². The third-order valence-corrected chi connectivity index (χ3v) is 4.19. The number of hydrazine groups is 2. The van der Waals surface area contributed by atoms with Gasteiger partial charge in [-0.05, 0) is 19.2 Å². The Morgan fingerprint density at radius 2 is 1.86 bits per heavy atom. The summed E-state index contributed by atoms with van der Waals surface area (Å²) < 4.78 is 13.7. The molecule has 2 heterocycles. The van der Waals surface area contributed by atoms with Crippen molar-refractivity contribution in [2.75, 3.05) is 44.1 Å². The largest absolute Gasteiger partial charge is 0.356 e. The summed E-state index contributed by atoms with van der Waals surface area (Å²) in [5.74, 6) is -1.73. The van der Waals surface area contributed by atoms with Crippen LogP contribution in [0.1, 0.15) is 10.4 Å². The van der Waals surface area contributed by atoms with E-state index in [4.69, 9.17) is 0 Å². The molecular formula is C16H19FN8O3. The van der Waals surface area contributed by atoms with Crippen molar-refractivity contribution in [2.45, 2.75) is 0 Å². The van der Waals surface area contributed by atoms with Crippen LogP contribution in [0.3, 0.4) is 0 Å². The fraction of sp³-hybridized carbons (Fsp3) is 0.312. The fourth-order valence-corrected chi connectivity index (χ4v) is 2.62. The molecule has 1 fully saturated rings. The maximum Gasteiger partial charge on any atom is 0.356 e. The van der Waals surface area contributed by atoms with Crippen molar-refractivity contribution in [3.63, 3.8) is 0 Å². The molecule has 1 saturated heterocycles. The summed E-state index contributed by atoms with van der Waals surface area (Å²) in [7, 11) is 1.99. The van der Waals surface area contributed by atoms with E-state index in [0.29, 0.717) is 13.1 Å². The molecule has 0 radical (unpaired) electrons. The molecule has 12 heteroatoms. The number of carbonyl (C=O) groups excluding carboxylic acids is 1. The molecule has 0 spiro atoms. The van der Waals surface area contributed by atoms with Crippen molar-refractivity contribution >= 4 is 23.2 Å². The molecule has 0 unspecified atom stereocenters. The topological polar surface area (TPSA) is 129 Å². The van der Waals surface area contributed by atoms with E-state index in [1.807, 2.05) is 12.1 Å². The second kappa shape index (κ2) is 8.54. The molecular weight excluding hydrogens is 371 g/mol. The molecule has 0 saturated carbocycles. The van der Waals surface area contributed by atoms with Gasteiger partial charge in [-0.1, -0.05) is 12.1 Å². The van der Waals surface area contributed by atoms with E-state index in [0.717, 1.165) is 25.5 Å². The number of carbonyl (C=O) groups is 1. The molecule has 3 rings (SSSR count). The smallest absolute Gasteiger partial charge is 0.304 e. The molecule has 148 valence electrons. The molecule has 1 amide bonds. The van der Waals surface area contributed by atoms with Gasteiger partial charge in [-0.3, -0.25) is 31.2 Å². The lowest BCUT2D eigenvalue weighted by molar-refractivity contribution is -0.383. The van der Waals surface area contributed by atoms with Gasteiger partial charge >= 0.3 is 5.69 Å². The quantitative estimate of drug-likeness (QED) is 0.486. The van der Waals surface area contributed by atoms with E-state index in [1.54, 1.807) is 0 Å². The lowest BCUT2D eigenvalue weighted by Crippen LogP contribution is -2.47. The van der Waals surface area contributed by atoms with Crippen molar-refractivity contribution in [1.82, 2.24) is 25.3 Å². The van der Waals surface area contributed by atoms with Crippen LogP contribution in [0.5, 0.6) is 0 Å². The molecule has 0 bridgehead atoms. The Morgan fingerprint density at radius 3 is 2.54 bits per heavy atom. The first-order valence-electron chi connectivity index (χ1n) is 8.46. The second-order valence-corrected chi connectivity index (χ2v) is 6.14. The average Bonchev–Trinajstić information content (AvgIpc) is 2.68. The molecule has 28 heavy (non-hydrogen) atoms. The number of likely N-dealkylation sites (N-methyl/N-ethyl adjacent to an activating group) is 1. The van der Waals surface area contributed by atoms with Crippen molar-refractivity contribution in [1.29, 1.82) is 0 Å². The number of hydrogen-bond donors (Lipinski definition) is 3. The molecule has 1 aliphatic rings. The first-order chi connectivity index (χ1) is 13.5. The Hall–Kier alpha value is -3.38. The normalized spacial score (nSPS) is 15.1. The van der Waals surface area contributed by atoms with Gasteiger partial charge in [0.1, 0.15) is 12.1 Å². The summed E-state index contributed by atoms with van der Waals surface area (Å²) in [5.41, 5.74) is 6.88. The summed E-state index contributed by atoms with van der Waals surface area (Å²) in [5, 5.41) is 13.4. The first-order valence-corrected chi connectivity index (χ1v) is 8.46. The fourth-order valence-electron chi connectivity index (χ4n) is 2.62. The second-order valence-electron chi connectivity index (χ2n) is 6.14. The SMILES string of the molecule is CN1CCN(Nc2ncnc(NNC(=O)c3ccccc3F)c2[N+](=O)[O-])CC1. The van der Waals surface area contributed by atoms with Gasteiger partial charge in [0.15, 0.2) is 0 Å². The standard InChI is InChI=1S/C16H19FN8O3/c1-23-6-8-24(9-7-23)22-15-13(25(27)28)14(18-10-19-15)20-21-16(26)11-4-2-3-5-12(11)17/h2-5,10H,6-9H2,1H3,(H,21,26)(H2,18,19,20,22). The molecule has 0 aliphatic carbocycles. The summed E-state index contributed by atoms with van der Waals surface area (Å²) in [4.78, 5) is 32.9. The number of amides is 1. The third-order valence-electron chi connectivity index (χ3n) is 4.19. The minimum absolute atomic E-state index is 0.00723. The molecule has 1 aromatic carbocycles. The van der Waals surface area contributed by atoms with Crippen LogP contribution in [0, 0.1) is 15.9 Å². The molecule has 11 nitrogen and oxygen atoms in total. The van der Waals surface area contributed by atoms with Gasteiger partial charge < -0.3 is 4.90 Å². The van der Waals surface area contributed by atoms with E-state index >= 15 is 0 Å². The average molecular weight is 390 g/mol. The number of nitrogens with zero attached hydrogens (tertiary/aromatic N) is 5. The number of hydrogen-bond acceptors (Lipinski definition) is 9. The molecule has 1 aromatic heterocycles. The van der Waals surface area contributed by atoms with Gasteiger partial charge in [-0.2, -0.15) is 0 Å². The molecule has 0 atom stereocenters. The Kier molecular flexibility index (Phi) is 5.91. The highest BCUT2D eigenvalue weighted by atomic mass is 19.1. The number of nitro groups is 1. The third kappa shape index (κ3) is 4.47. The highest BCUT2D eigenvalue weighted by Gasteiger charge is 2.26. The van der Waals surface area contributed by atoms with E-state index in [-0.39, 0.29) is 17.2 Å². The maximum atomic E-state index is 13.7. The summed E-state index contributed by atoms with van der Waals surface area (Å²) in [6.45, 7) is 2.92. The zero-order valence-electron chi connectivity index (χ0n) is 15.1. The minimum atomic E-state index is -0.792. The monoisotopic (exact) mass is 390 g/mol. The number of nitrogens with one attached hydrogen (secondary N) is 3. The Morgan fingerprint density at radius 1 is 1.18 bits per heavy atom. The highest BCUT2D eigenvalue weighted by molar-refractivity contribution is 5.95. The van der Waals surface area contributed by atoms with Gasteiger partial charge in [0.05, 0.1) is 10.5 Å². The lowest BCUT2D eigenvalue weighted by atomic mass is 10.2. The Labute approximate surface area is 159 Å². The molecule has 2 aromatic rings. The summed E-state index contributed by atoms with van der Waals surface area (Å²) >= 11 is 0. The highest BCUT2D eigenvalue weighted by Crippen LogP contribution is 2.28. The number of piperazine rings is 1. The van der Waals surface area contributed by atoms with Crippen molar-refractivity contribution in [3.05, 3.63) is 52.1 Å². The Bertz CT molecular complexity index is 873. The number of halogens is 1. The maximum absolute atomic E-state index is 13.7. The summed E-state index contributed by atoms with van der Waals surface area (Å²) in [6, 6.07) is 5.38. The summed E-state index contributed by atoms with van der Waals surface area (Å²) in [6.07, 6.45) is 1.13. The predicted molar refractivity (Wildman–Crippen MR) is 98.9 cm³/mol. The molecule has 1 aliphatic heterocycles. The van der Waals surface area contributed by atoms with Gasteiger partial charge in [-0.15, -0.1) is 0 Å². The van der Waals surface area contributed by atoms with Gasteiger partial charge in [0.25, 0.3) is 5.91 Å². The van der Waals surface area contributed by atoms with Crippen molar-refractivity contribution in [2.24, 2.45) is 0 Å². The van der Waals surface area contributed by atoms with Gasteiger partial charge in [0, 0.05) is 26.2 Å². The minimum Gasteiger partial charge on any atom is -0.304 e.